The van der Waals surface area contributed by atoms with E-state index in [1.165, 1.54) is 0 Å². The monoisotopic (exact) mass is 398 g/mol. The standard InChI is InChI=1S/C22H30N4O3/c1-4-5-8-23-21(27)15-25-9-11-26(12-10-25)22(28)19-13-17-6-7-18(29-3)14-20(17)24-16(19)2/h6-7,13-14H,4-5,8-12,15H2,1-3H3,(H,23,27). The number of carbonyl (C=O) groups is 2. The molecule has 1 aromatic carbocycles. The number of benzene rings is 1. The summed E-state index contributed by atoms with van der Waals surface area (Å²) in [6.07, 6.45) is 2.07. The van der Waals surface area contributed by atoms with Crippen LogP contribution in [0.5, 0.6) is 5.75 Å². The number of unbranched alkanes of at least 4 members (excludes halogenated alkanes) is 1. The highest BCUT2D eigenvalue weighted by Gasteiger charge is 2.24. The van der Waals surface area contributed by atoms with Gasteiger partial charge >= 0.3 is 0 Å². The van der Waals surface area contributed by atoms with Gasteiger partial charge in [0.25, 0.3) is 5.91 Å². The lowest BCUT2D eigenvalue weighted by atomic mass is 10.1. The summed E-state index contributed by atoms with van der Waals surface area (Å²) in [7, 11) is 1.63. The van der Waals surface area contributed by atoms with E-state index < -0.39 is 0 Å². The van der Waals surface area contributed by atoms with E-state index in [2.05, 4.69) is 22.1 Å². The number of rotatable bonds is 7. The third-order valence-electron chi connectivity index (χ3n) is 5.33. The Morgan fingerprint density at radius 3 is 2.62 bits per heavy atom. The molecule has 29 heavy (non-hydrogen) atoms. The minimum atomic E-state index is -0.000217. The molecule has 0 aliphatic carbocycles. The molecule has 2 amide bonds. The number of aromatic nitrogens is 1. The highest BCUT2D eigenvalue weighted by molar-refractivity contribution is 5.98. The second kappa shape index (κ2) is 9.69. The topological polar surface area (TPSA) is 74.8 Å². The Hall–Kier alpha value is -2.67. The molecule has 0 spiro atoms. The van der Waals surface area contributed by atoms with Gasteiger partial charge in [0.15, 0.2) is 0 Å². The molecule has 0 bridgehead atoms. The fourth-order valence-corrected chi connectivity index (χ4v) is 3.53. The highest BCUT2D eigenvalue weighted by atomic mass is 16.5. The van der Waals surface area contributed by atoms with Crippen LogP contribution in [0.3, 0.4) is 0 Å². The number of carbonyl (C=O) groups excluding carboxylic acids is 2. The Balaban J connectivity index is 1.60. The lowest BCUT2D eigenvalue weighted by Gasteiger charge is -2.34. The first-order chi connectivity index (χ1) is 14.0. The summed E-state index contributed by atoms with van der Waals surface area (Å²) in [5.74, 6) is 0.807. The number of amides is 2. The molecular weight excluding hydrogens is 368 g/mol. The molecule has 2 heterocycles. The van der Waals surface area contributed by atoms with Crippen molar-refractivity contribution in [1.29, 1.82) is 0 Å². The summed E-state index contributed by atoms with van der Waals surface area (Å²) < 4.78 is 5.25. The maximum absolute atomic E-state index is 13.1. The highest BCUT2D eigenvalue weighted by Crippen LogP contribution is 2.22. The van der Waals surface area contributed by atoms with Gasteiger partial charge in [0.1, 0.15) is 5.75 Å². The number of fused-ring (bicyclic) bond motifs is 1. The van der Waals surface area contributed by atoms with Crippen molar-refractivity contribution in [1.82, 2.24) is 20.1 Å². The molecule has 0 radical (unpaired) electrons. The molecule has 0 unspecified atom stereocenters. The fraction of sp³-hybridized carbons (Fsp3) is 0.500. The van der Waals surface area contributed by atoms with Gasteiger partial charge in [-0.1, -0.05) is 13.3 Å². The normalized spacial score (nSPS) is 14.8. The predicted molar refractivity (Wildman–Crippen MR) is 113 cm³/mol. The summed E-state index contributed by atoms with van der Waals surface area (Å²) in [4.78, 5) is 33.6. The van der Waals surface area contributed by atoms with Gasteiger partial charge in [0.2, 0.25) is 5.91 Å². The SMILES string of the molecule is CCCCNC(=O)CN1CCN(C(=O)c2cc3ccc(OC)cc3nc2C)CC1. The third-order valence-corrected chi connectivity index (χ3v) is 5.33. The molecule has 156 valence electrons. The number of pyridine rings is 1. The van der Waals surface area contributed by atoms with E-state index in [1.807, 2.05) is 36.1 Å². The Bertz CT molecular complexity index is 876. The molecule has 1 aliphatic heterocycles. The molecule has 1 aliphatic rings. The molecule has 7 nitrogen and oxygen atoms in total. The molecule has 7 heteroatoms. The number of aryl methyl sites for hydroxylation is 1. The summed E-state index contributed by atoms with van der Waals surface area (Å²) in [6.45, 7) is 7.71. The Labute approximate surface area is 172 Å². The molecule has 1 aromatic heterocycles. The predicted octanol–water partition coefficient (Wildman–Crippen LogP) is 2.23. The summed E-state index contributed by atoms with van der Waals surface area (Å²) >= 11 is 0. The van der Waals surface area contributed by atoms with Crippen molar-refractivity contribution in [3.63, 3.8) is 0 Å². The summed E-state index contributed by atoms with van der Waals surface area (Å²) in [5, 5.41) is 3.86. The molecule has 1 N–H and O–H groups in total. The van der Waals surface area contributed by atoms with Gasteiger partial charge in [0, 0.05) is 44.2 Å². The van der Waals surface area contributed by atoms with Crippen molar-refractivity contribution < 1.29 is 14.3 Å². The van der Waals surface area contributed by atoms with E-state index in [0.29, 0.717) is 44.0 Å². The van der Waals surface area contributed by atoms with Crippen LogP contribution in [0, 0.1) is 6.92 Å². The van der Waals surface area contributed by atoms with Crippen LogP contribution in [-0.2, 0) is 4.79 Å². The van der Waals surface area contributed by atoms with E-state index in [1.54, 1.807) is 7.11 Å². The zero-order chi connectivity index (χ0) is 20.8. The van der Waals surface area contributed by atoms with E-state index >= 15 is 0 Å². The minimum Gasteiger partial charge on any atom is -0.497 e. The first-order valence-corrected chi connectivity index (χ1v) is 10.3. The summed E-state index contributed by atoms with van der Waals surface area (Å²) in [5.41, 5.74) is 2.17. The number of nitrogens with one attached hydrogen (secondary N) is 1. The van der Waals surface area contributed by atoms with Gasteiger partial charge in [-0.3, -0.25) is 19.5 Å². The number of hydrogen-bond acceptors (Lipinski definition) is 5. The number of hydrogen-bond donors (Lipinski definition) is 1. The number of methoxy groups -OCH3 is 1. The van der Waals surface area contributed by atoms with Crippen molar-refractivity contribution in [3.8, 4) is 5.75 Å². The number of nitrogens with zero attached hydrogens (tertiary/aromatic N) is 3. The van der Waals surface area contributed by atoms with E-state index in [0.717, 1.165) is 36.0 Å². The Kier molecular flexibility index (Phi) is 7.04. The molecule has 0 saturated carbocycles. The van der Waals surface area contributed by atoms with Gasteiger partial charge < -0.3 is 15.0 Å². The zero-order valence-corrected chi connectivity index (χ0v) is 17.5. The van der Waals surface area contributed by atoms with Gasteiger partial charge in [-0.05, 0) is 31.5 Å². The second-order valence-electron chi connectivity index (χ2n) is 7.45. The average Bonchev–Trinajstić information content (AvgIpc) is 2.73. The number of ether oxygens (including phenoxy) is 1. The second-order valence-corrected chi connectivity index (χ2v) is 7.45. The van der Waals surface area contributed by atoms with Gasteiger partial charge in [-0.2, -0.15) is 0 Å². The van der Waals surface area contributed by atoms with Gasteiger partial charge in [0.05, 0.1) is 30.4 Å². The lowest BCUT2D eigenvalue weighted by molar-refractivity contribution is -0.122. The van der Waals surface area contributed by atoms with E-state index in [-0.39, 0.29) is 11.8 Å². The van der Waals surface area contributed by atoms with Crippen LogP contribution in [0.4, 0.5) is 0 Å². The maximum atomic E-state index is 13.1. The first-order valence-electron chi connectivity index (χ1n) is 10.3. The lowest BCUT2D eigenvalue weighted by Crippen LogP contribution is -2.51. The fourth-order valence-electron chi connectivity index (χ4n) is 3.53. The smallest absolute Gasteiger partial charge is 0.255 e. The molecule has 0 atom stereocenters. The van der Waals surface area contributed by atoms with Crippen molar-refractivity contribution in [3.05, 3.63) is 35.5 Å². The van der Waals surface area contributed by atoms with Crippen LogP contribution in [0.2, 0.25) is 0 Å². The van der Waals surface area contributed by atoms with Crippen LogP contribution >= 0.6 is 0 Å². The van der Waals surface area contributed by atoms with Crippen LogP contribution in [-0.4, -0.2) is 73.0 Å². The van der Waals surface area contributed by atoms with Crippen LogP contribution in [0.25, 0.3) is 10.9 Å². The molecule has 3 rings (SSSR count). The summed E-state index contributed by atoms with van der Waals surface area (Å²) in [6, 6.07) is 7.58. The first kappa shape index (κ1) is 21.0. The van der Waals surface area contributed by atoms with Crippen LogP contribution < -0.4 is 10.1 Å². The average molecular weight is 399 g/mol. The van der Waals surface area contributed by atoms with Crippen molar-refractivity contribution in [2.75, 3.05) is 46.4 Å². The zero-order valence-electron chi connectivity index (χ0n) is 17.5. The van der Waals surface area contributed by atoms with Gasteiger partial charge in [-0.25, -0.2) is 0 Å². The van der Waals surface area contributed by atoms with Crippen LogP contribution in [0.15, 0.2) is 24.3 Å². The van der Waals surface area contributed by atoms with E-state index in [9.17, 15) is 9.59 Å². The van der Waals surface area contributed by atoms with Gasteiger partial charge in [-0.15, -0.1) is 0 Å². The number of piperazine rings is 1. The molecule has 2 aromatic rings. The molecular formula is C22H30N4O3. The quantitative estimate of drug-likeness (QED) is 0.724. The molecule has 1 fully saturated rings. The largest absolute Gasteiger partial charge is 0.497 e. The van der Waals surface area contributed by atoms with Crippen molar-refractivity contribution in [2.45, 2.75) is 26.7 Å². The maximum Gasteiger partial charge on any atom is 0.255 e. The Morgan fingerprint density at radius 1 is 1.17 bits per heavy atom. The van der Waals surface area contributed by atoms with E-state index in [4.69, 9.17) is 4.74 Å². The van der Waals surface area contributed by atoms with Crippen molar-refractivity contribution in [2.24, 2.45) is 0 Å². The van der Waals surface area contributed by atoms with Crippen LogP contribution in [0.1, 0.15) is 35.8 Å². The minimum absolute atomic E-state index is 0.000217. The van der Waals surface area contributed by atoms with Crippen molar-refractivity contribution >= 4 is 22.7 Å². The third kappa shape index (κ3) is 5.23. The Morgan fingerprint density at radius 2 is 1.93 bits per heavy atom. The molecule has 1 saturated heterocycles.